The van der Waals surface area contributed by atoms with E-state index >= 15 is 0 Å². The number of rotatable bonds is 0. The first-order chi connectivity index (χ1) is 10.0. The van der Waals surface area contributed by atoms with Crippen LogP contribution in [-0.4, -0.2) is 18.0 Å². The highest BCUT2D eigenvalue weighted by molar-refractivity contribution is 5.88. The maximum Gasteiger partial charge on any atom is 0.241 e. The summed E-state index contributed by atoms with van der Waals surface area (Å²) in [5, 5.41) is 6.50. The normalized spacial score (nSPS) is 29.9. The molecule has 4 rings (SSSR count). The number of nitrogens with one attached hydrogen (secondary N) is 2. The van der Waals surface area contributed by atoms with Crippen LogP contribution in [0.25, 0.3) is 0 Å². The Bertz CT molecular complexity index is 625. The second kappa shape index (κ2) is 4.26. The molecule has 2 spiro atoms. The summed E-state index contributed by atoms with van der Waals surface area (Å²) in [5.74, 6) is -1.09. The lowest BCUT2D eigenvalue weighted by atomic mass is 9.83. The van der Waals surface area contributed by atoms with Gasteiger partial charge in [-0.05, 0) is 42.9 Å². The van der Waals surface area contributed by atoms with Crippen LogP contribution in [0.5, 0.6) is 0 Å². The van der Waals surface area contributed by atoms with Gasteiger partial charge in [-0.3, -0.25) is 4.79 Å². The number of halogens is 2. The van der Waals surface area contributed by atoms with Crippen molar-refractivity contribution in [2.45, 2.75) is 49.6 Å². The summed E-state index contributed by atoms with van der Waals surface area (Å²) in [5.41, 5.74) is 0.0397. The van der Waals surface area contributed by atoms with E-state index in [4.69, 9.17) is 0 Å². The molecule has 2 N–H and O–H groups in total. The Balaban J connectivity index is 1.72. The molecule has 1 heterocycles. The van der Waals surface area contributed by atoms with Gasteiger partial charge in [0.15, 0.2) is 0 Å². The van der Waals surface area contributed by atoms with E-state index in [-0.39, 0.29) is 5.91 Å². The molecular weight excluding hydrogens is 274 g/mol. The molecule has 2 fully saturated rings. The van der Waals surface area contributed by atoms with Crippen LogP contribution < -0.4 is 10.6 Å². The molecule has 3 nitrogen and oxygen atoms in total. The van der Waals surface area contributed by atoms with Crippen LogP contribution >= 0.6 is 0 Å². The molecule has 112 valence electrons. The lowest BCUT2D eigenvalue weighted by Crippen LogP contribution is -2.69. The van der Waals surface area contributed by atoms with Gasteiger partial charge >= 0.3 is 0 Å². The van der Waals surface area contributed by atoms with E-state index in [0.29, 0.717) is 30.5 Å². The zero-order valence-electron chi connectivity index (χ0n) is 11.8. The second-order valence-corrected chi connectivity index (χ2v) is 6.59. The molecule has 1 aromatic carbocycles. The SMILES string of the molecule is O=C1NC2(CCc3c(F)cc(F)cc32)CNC12CCCC2. The molecule has 1 amide bonds. The molecular formula is C16H18F2N2O. The molecule has 2 aliphatic carbocycles. The Kier molecular flexibility index (Phi) is 2.67. The minimum atomic E-state index is -0.650. The molecule has 1 aliphatic heterocycles. The summed E-state index contributed by atoms with van der Waals surface area (Å²) in [6.07, 6.45) is 4.95. The number of piperazine rings is 1. The second-order valence-electron chi connectivity index (χ2n) is 6.59. The summed E-state index contributed by atoms with van der Waals surface area (Å²) in [7, 11) is 0. The molecule has 1 unspecified atom stereocenters. The van der Waals surface area contributed by atoms with Crippen molar-refractivity contribution in [1.29, 1.82) is 0 Å². The van der Waals surface area contributed by atoms with Gasteiger partial charge in [-0.1, -0.05) is 12.8 Å². The molecule has 5 heteroatoms. The maximum atomic E-state index is 13.9. The van der Waals surface area contributed by atoms with Crippen molar-refractivity contribution in [3.05, 3.63) is 34.9 Å². The van der Waals surface area contributed by atoms with Crippen LogP contribution in [0.2, 0.25) is 0 Å². The van der Waals surface area contributed by atoms with Crippen LogP contribution in [0, 0.1) is 11.6 Å². The van der Waals surface area contributed by atoms with Crippen LogP contribution in [0.3, 0.4) is 0 Å². The molecule has 3 aliphatic rings. The molecule has 1 aromatic rings. The first-order valence-electron chi connectivity index (χ1n) is 7.61. The topological polar surface area (TPSA) is 41.1 Å². The van der Waals surface area contributed by atoms with Crippen molar-refractivity contribution >= 4 is 5.91 Å². The fourth-order valence-corrected chi connectivity index (χ4v) is 4.23. The standard InChI is InChI=1S/C16H18F2N2O/c17-10-7-12-11(13(18)8-10)3-6-16(12)9-19-15(14(21)20-16)4-1-2-5-15/h7-8,19H,1-6,9H2,(H,20,21). The third kappa shape index (κ3) is 1.76. The lowest BCUT2D eigenvalue weighted by Gasteiger charge is -2.44. The molecule has 21 heavy (non-hydrogen) atoms. The molecule has 1 saturated heterocycles. The van der Waals surface area contributed by atoms with Crippen molar-refractivity contribution in [2.24, 2.45) is 0 Å². The smallest absolute Gasteiger partial charge is 0.241 e. The maximum absolute atomic E-state index is 13.9. The number of carbonyl (C=O) groups excluding carboxylic acids is 1. The van der Waals surface area contributed by atoms with Gasteiger partial charge in [0, 0.05) is 12.6 Å². The van der Waals surface area contributed by atoms with Gasteiger partial charge < -0.3 is 10.6 Å². The fraction of sp³-hybridized carbons (Fsp3) is 0.562. The van der Waals surface area contributed by atoms with Crippen LogP contribution in [0.4, 0.5) is 8.78 Å². The van der Waals surface area contributed by atoms with Gasteiger partial charge in [0.25, 0.3) is 0 Å². The van der Waals surface area contributed by atoms with Crippen molar-refractivity contribution in [1.82, 2.24) is 10.6 Å². The molecule has 1 atom stereocenters. The number of carbonyl (C=O) groups is 1. The van der Waals surface area contributed by atoms with E-state index in [1.165, 1.54) is 6.07 Å². The van der Waals surface area contributed by atoms with Crippen molar-refractivity contribution in [3.63, 3.8) is 0 Å². The molecule has 0 radical (unpaired) electrons. The molecule has 0 aromatic heterocycles. The van der Waals surface area contributed by atoms with E-state index in [1.807, 2.05) is 0 Å². The number of benzene rings is 1. The van der Waals surface area contributed by atoms with E-state index in [9.17, 15) is 13.6 Å². The average molecular weight is 292 g/mol. The highest BCUT2D eigenvalue weighted by Crippen LogP contribution is 2.42. The first kappa shape index (κ1) is 13.2. The quantitative estimate of drug-likeness (QED) is 0.769. The number of hydrogen-bond acceptors (Lipinski definition) is 2. The highest BCUT2D eigenvalue weighted by Gasteiger charge is 2.52. The Morgan fingerprint density at radius 2 is 1.81 bits per heavy atom. The number of amides is 1. The predicted octanol–water partition coefficient (Wildman–Crippen LogP) is 2.14. The third-order valence-corrected chi connectivity index (χ3v) is 5.45. The Labute approximate surface area is 122 Å². The number of fused-ring (bicyclic) bond motifs is 2. The average Bonchev–Trinajstić information content (AvgIpc) is 3.03. The summed E-state index contributed by atoms with van der Waals surface area (Å²) < 4.78 is 27.5. The largest absolute Gasteiger partial charge is 0.344 e. The minimum Gasteiger partial charge on any atom is -0.344 e. The molecule has 0 bridgehead atoms. The molecule has 1 saturated carbocycles. The van der Waals surface area contributed by atoms with E-state index in [1.54, 1.807) is 0 Å². The Hall–Kier alpha value is -1.49. The van der Waals surface area contributed by atoms with Gasteiger partial charge in [0.05, 0.1) is 11.1 Å². The van der Waals surface area contributed by atoms with Gasteiger partial charge in [0.1, 0.15) is 11.6 Å². The van der Waals surface area contributed by atoms with Crippen molar-refractivity contribution in [3.8, 4) is 0 Å². The van der Waals surface area contributed by atoms with Crippen LogP contribution in [-0.2, 0) is 16.8 Å². The summed E-state index contributed by atoms with van der Waals surface area (Å²) in [4.78, 5) is 12.6. The van der Waals surface area contributed by atoms with E-state index in [2.05, 4.69) is 10.6 Å². The van der Waals surface area contributed by atoms with Gasteiger partial charge in [-0.15, -0.1) is 0 Å². The zero-order chi connectivity index (χ0) is 14.7. The summed E-state index contributed by atoms with van der Waals surface area (Å²) in [6.45, 7) is 0.550. The van der Waals surface area contributed by atoms with Gasteiger partial charge in [0.2, 0.25) is 5.91 Å². The highest BCUT2D eigenvalue weighted by atomic mass is 19.1. The fourth-order valence-electron chi connectivity index (χ4n) is 4.23. The third-order valence-electron chi connectivity index (χ3n) is 5.45. The lowest BCUT2D eigenvalue weighted by molar-refractivity contribution is -0.132. The van der Waals surface area contributed by atoms with Gasteiger partial charge in [-0.25, -0.2) is 8.78 Å². The van der Waals surface area contributed by atoms with Crippen LogP contribution in [0.15, 0.2) is 12.1 Å². The number of hydrogen-bond donors (Lipinski definition) is 2. The minimum absolute atomic E-state index is 0.0104. The monoisotopic (exact) mass is 292 g/mol. The van der Waals surface area contributed by atoms with E-state index in [0.717, 1.165) is 31.7 Å². The van der Waals surface area contributed by atoms with Crippen LogP contribution in [0.1, 0.15) is 43.2 Å². The summed E-state index contributed by atoms with van der Waals surface area (Å²) in [6, 6.07) is 2.30. The van der Waals surface area contributed by atoms with Crippen molar-refractivity contribution in [2.75, 3.05) is 6.54 Å². The van der Waals surface area contributed by atoms with Gasteiger partial charge in [-0.2, -0.15) is 0 Å². The Morgan fingerprint density at radius 1 is 1.05 bits per heavy atom. The van der Waals surface area contributed by atoms with Crippen molar-refractivity contribution < 1.29 is 13.6 Å². The Morgan fingerprint density at radius 3 is 2.52 bits per heavy atom. The zero-order valence-corrected chi connectivity index (χ0v) is 11.8. The predicted molar refractivity (Wildman–Crippen MR) is 73.7 cm³/mol. The van der Waals surface area contributed by atoms with E-state index < -0.39 is 22.7 Å². The summed E-state index contributed by atoms with van der Waals surface area (Å²) >= 11 is 0. The first-order valence-corrected chi connectivity index (χ1v) is 7.61.